The highest BCUT2D eigenvalue weighted by Gasteiger charge is 2.35. The Balaban J connectivity index is 1.72. The van der Waals surface area contributed by atoms with Gasteiger partial charge >= 0.3 is 0 Å². The van der Waals surface area contributed by atoms with E-state index in [1.54, 1.807) is 0 Å². The molecular formula is C21H21N. The molecule has 1 heteroatoms. The molecule has 4 rings (SSSR count). The van der Waals surface area contributed by atoms with Crippen molar-refractivity contribution in [1.82, 2.24) is 4.98 Å². The summed E-state index contributed by atoms with van der Waals surface area (Å²) < 4.78 is 0. The second-order valence-electron chi connectivity index (χ2n) is 6.48. The Morgan fingerprint density at radius 3 is 2.45 bits per heavy atom. The first-order valence-corrected chi connectivity index (χ1v) is 8.23. The Kier molecular flexibility index (Phi) is 3.42. The van der Waals surface area contributed by atoms with Gasteiger partial charge < -0.3 is 0 Å². The molecule has 0 saturated heterocycles. The first kappa shape index (κ1) is 13.5. The molecule has 3 atom stereocenters. The van der Waals surface area contributed by atoms with Crippen molar-refractivity contribution in [2.75, 3.05) is 0 Å². The van der Waals surface area contributed by atoms with Crippen LogP contribution in [0.5, 0.6) is 0 Å². The van der Waals surface area contributed by atoms with Gasteiger partial charge in [0.15, 0.2) is 0 Å². The van der Waals surface area contributed by atoms with Crippen molar-refractivity contribution in [2.45, 2.75) is 31.6 Å². The monoisotopic (exact) mass is 287 g/mol. The summed E-state index contributed by atoms with van der Waals surface area (Å²) in [6.45, 7) is 2.41. The van der Waals surface area contributed by atoms with Gasteiger partial charge in [-0.3, -0.25) is 4.98 Å². The SMILES string of the molecule is CC1C(c2ccccc2)CCC1c1cccc2cccnc12. The van der Waals surface area contributed by atoms with Crippen LogP contribution < -0.4 is 0 Å². The summed E-state index contributed by atoms with van der Waals surface area (Å²) in [5.74, 6) is 1.95. The highest BCUT2D eigenvalue weighted by atomic mass is 14.7. The molecule has 2 aromatic carbocycles. The van der Waals surface area contributed by atoms with Crippen molar-refractivity contribution in [3.8, 4) is 0 Å². The molecule has 110 valence electrons. The third kappa shape index (κ3) is 2.21. The van der Waals surface area contributed by atoms with Crippen molar-refractivity contribution in [2.24, 2.45) is 5.92 Å². The van der Waals surface area contributed by atoms with Gasteiger partial charge in [-0.2, -0.15) is 0 Å². The molecule has 1 nitrogen and oxygen atoms in total. The zero-order chi connectivity index (χ0) is 14.9. The smallest absolute Gasteiger partial charge is 0.0736 e. The molecule has 0 amide bonds. The van der Waals surface area contributed by atoms with Crippen molar-refractivity contribution in [1.29, 1.82) is 0 Å². The van der Waals surface area contributed by atoms with Gasteiger partial charge in [-0.25, -0.2) is 0 Å². The molecule has 0 radical (unpaired) electrons. The summed E-state index contributed by atoms with van der Waals surface area (Å²) >= 11 is 0. The minimum absolute atomic E-state index is 0.615. The molecule has 0 bridgehead atoms. The lowest BCUT2D eigenvalue weighted by atomic mass is 9.82. The normalized spacial score (nSPS) is 24.7. The van der Waals surface area contributed by atoms with Gasteiger partial charge in [0.05, 0.1) is 5.52 Å². The molecule has 1 fully saturated rings. The fraction of sp³-hybridized carbons (Fsp3) is 0.286. The molecule has 1 aliphatic carbocycles. The number of hydrogen-bond donors (Lipinski definition) is 0. The third-order valence-corrected chi connectivity index (χ3v) is 5.35. The molecule has 22 heavy (non-hydrogen) atoms. The average molecular weight is 287 g/mol. The molecule has 1 heterocycles. The van der Waals surface area contributed by atoms with Crippen molar-refractivity contribution in [3.05, 3.63) is 78.0 Å². The zero-order valence-electron chi connectivity index (χ0n) is 12.9. The van der Waals surface area contributed by atoms with Gasteiger partial charge in [-0.05, 0) is 47.8 Å². The predicted octanol–water partition coefficient (Wildman–Crippen LogP) is 5.53. The van der Waals surface area contributed by atoms with Crippen LogP contribution in [0.25, 0.3) is 10.9 Å². The molecule has 3 aromatic rings. The van der Waals surface area contributed by atoms with Gasteiger partial charge in [0, 0.05) is 11.6 Å². The van der Waals surface area contributed by atoms with E-state index >= 15 is 0 Å². The summed E-state index contributed by atoms with van der Waals surface area (Å²) in [6.07, 6.45) is 4.45. The number of para-hydroxylation sites is 1. The largest absolute Gasteiger partial charge is 0.256 e. The van der Waals surface area contributed by atoms with Crippen LogP contribution in [0, 0.1) is 5.92 Å². The first-order chi connectivity index (χ1) is 10.8. The third-order valence-electron chi connectivity index (χ3n) is 5.35. The number of rotatable bonds is 2. The quantitative estimate of drug-likeness (QED) is 0.603. The lowest BCUT2D eigenvalue weighted by molar-refractivity contribution is 0.484. The average Bonchev–Trinajstić information content (AvgIpc) is 2.96. The first-order valence-electron chi connectivity index (χ1n) is 8.23. The van der Waals surface area contributed by atoms with E-state index in [9.17, 15) is 0 Å². The standard InChI is InChI=1S/C21H21N/c1-15-18(16-7-3-2-4-8-16)12-13-19(15)20-11-5-9-17-10-6-14-22-21(17)20/h2-11,14-15,18-19H,12-13H2,1H3. The second-order valence-corrected chi connectivity index (χ2v) is 6.48. The molecule has 0 spiro atoms. The van der Waals surface area contributed by atoms with Crippen LogP contribution in [0.3, 0.4) is 0 Å². The topological polar surface area (TPSA) is 12.9 Å². The minimum atomic E-state index is 0.615. The Labute approximate surface area is 132 Å². The highest BCUT2D eigenvalue weighted by molar-refractivity contribution is 5.82. The van der Waals surface area contributed by atoms with E-state index < -0.39 is 0 Å². The van der Waals surface area contributed by atoms with Crippen LogP contribution >= 0.6 is 0 Å². The maximum absolute atomic E-state index is 4.66. The molecular weight excluding hydrogens is 266 g/mol. The number of benzene rings is 2. The van der Waals surface area contributed by atoms with Crippen molar-refractivity contribution in [3.63, 3.8) is 0 Å². The molecule has 0 N–H and O–H groups in total. The molecule has 1 saturated carbocycles. The predicted molar refractivity (Wildman–Crippen MR) is 92.1 cm³/mol. The Bertz CT molecular complexity index is 773. The van der Waals surface area contributed by atoms with Crippen molar-refractivity contribution < 1.29 is 0 Å². The van der Waals surface area contributed by atoms with E-state index in [1.807, 2.05) is 12.3 Å². The van der Waals surface area contributed by atoms with Crippen LogP contribution in [0.1, 0.15) is 42.7 Å². The number of aromatic nitrogens is 1. The summed E-state index contributed by atoms with van der Waals surface area (Å²) in [6, 6.07) is 21.8. The van der Waals surface area contributed by atoms with Crippen LogP contribution in [0.2, 0.25) is 0 Å². The summed E-state index contributed by atoms with van der Waals surface area (Å²) in [5.41, 5.74) is 4.12. The maximum atomic E-state index is 4.66. The number of hydrogen-bond acceptors (Lipinski definition) is 1. The second kappa shape index (κ2) is 5.57. The maximum Gasteiger partial charge on any atom is 0.0736 e. The molecule has 1 aliphatic rings. The van der Waals surface area contributed by atoms with Crippen LogP contribution in [0.15, 0.2) is 66.9 Å². The Hall–Kier alpha value is -2.15. The number of fused-ring (bicyclic) bond motifs is 1. The van der Waals surface area contributed by atoms with Gasteiger partial charge in [0.1, 0.15) is 0 Å². The van der Waals surface area contributed by atoms with E-state index in [1.165, 1.54) is 34.9 Å². The van der Waals surface area contributed by atoms with Gasteiger partial charge in [0.25, 0.3) is 0 Å². The molecule has 1 aromatic heterocycles. The van der Waals surface area contributed by atoms with Gasteiger partial charge in [-0.15, -0.1) is 0 Å². The minimum Gasteiger partial charge on any atom is -0.256 e. The van der Waals surface area contributed by atoms with Gasteiger partial charge in [0.2, 0.25) is 0 Å². The number of nitrogens with zero attached hydrogens (tertiary/aromatic N) is 1. The lowest BCUT2D eigenvalue weighted by Crippen LogP contribution is -2.09. The molecule has 3 unspecified atom stereocenters. The van der Waals surface area contributed by atoms with E-state index in [0.717, 1.165) is 0 Å². The summed E-state index contributed by atoms with van der Waals surface area (Å²) in [5, 5.41) is 1.26. The number of pyridine rings is 1. The Morgan fingerprint density at radius 2 is 1.59 bits per heavy atom. The van der Waals surface area contributed by atoms with E-state index in [2.05, 4.69) is 66.5 Å². The van der Waals surface area contributed by atoms with E-state index in [-0.39, 0.29) is 0 Å². The van der Waals surface area contributed by atoms with Gasteiger partial charge in [-0.1, -0.05) is 61.5 Å². The fourth-order valence-corrected chi connectivity index (χ4v) is 4.20. The van der Waals surface area contributed by atoms with E-state index in [0.29, 0.717) is 17.8 Å². The van der Waals surface area contributed by atoms with Crippen LogP contribution in [-0.4, -0.2) is 4.98 Å². The summed E-state index contributed by atoms with van der Waals surface area (Å²) in [7, 11) is 0. The lowest BCUT2D eigenvalue weighted by Gasteiger charge is -2.22. The van der Waals surface area contributed by atoms with Crippen molar-refractivity contribution >= 4 is 10.9 Å². The van der Waals surface area contributed by atoms with Crippen LogP contribution in [0.4, 0.5) is 0 Å². The zero-order valence-corrected chi connectivity index (χ0v) is 12.9. The highest BCUT2D eigenvalue weighted by Crippen LogP contribution is 2.49. The van der Waals surface area contributed by atoms with E-state index in [4.69, 9.17) is 0 Å². The van der Waals surface area contributed by atoms with Crippen LogP contribution in [-0.2, 0) is 0 Å². The summed E-state index contributed by atoms with van der Waals surface area (Å²) in [4.78, 5) is 4.66. The fourth-order valence-electron chi connectivity index (χ4n) is 4.20. The Morgan fingerprint density at radius 1 is 0.818 bits per heavy atom. The molecule has 0 aliphatic heterocycles.